The van der Waals surface area contributed by atoms with E-state index >= 15 is 0 Å². The largest absolute Gasteiger partial charge is 0.508 e. The fraction of sp³-hybridized carbons (Fsp3) is 0. The number of phenols is 2. The van der Waals surface area contributed by atoms with Crippen LogP contribution in [0, 0.1) is 6.07 Å². The van der Waals surface area contributed by atoms with Gasteiger partial charge in [-0.15, -0.1) is 0 Å². The van der Waals surface area contributed by atoms with Gasteiger partial charge in [0.1, 0.15) is 11.5 Å². The van der Waals surface area contributed by atoms with Crippen molar-refractivity contribution in [2.24, 2.45) is 0 Å². The molecule has 2 rings (SSSR count). The highest BCUT2D eigenvalue weighted by Gasteiger charge is 2.03. The number of benzene rings is 2. The van der Waals surface area contributed by atoms with Crippen molar-refractivity contribution in [2.45, 2.75) is 0 Å². The summed E-state index contributed by atoms with van der Waals surface area (Å²) in [6.07, 6.45) is 0. The average Bonchev–Trinajstić information content (AvgIpc) is 2.19. The van der Waals surface area contributed by atoms with Gasteiger partial charge in [-0.1, -0.05) is 24.3 Å². The second kappa shape index (κ2) is 3.42. The smallest absolute Gasteiger partial charge is 0.127 e. The first kappa shape index (κ1) is 8.63. The summed E-state index contributed by atoms with van der Waals surface area (Å²) < 4.78 is 0. The predicted octanol–water partition coefficient (Wildman–Crippen LogP) is 2.56. The first-order valence-electron chi connectivity index (χ1n) is 4.26. The van der Waals surface area contributed by atoms with E-state index in [9.17, 15) is 5.11 Å². The van der Waals surface area contributed by atoms with Gasteiger partial charge in [-0.25, -0.2) is 0 Å². The third-order valence-corrected chi connectivity index (χ3v) is 2.01. The molecule has 0 saturated heterocycles. The van der Waals surface area contributed by atoms with Gasteiger partial charge in [0.05, 0.1) is 0 Å². The van der Waals surface area contributed by atoms with Gasteiger partial charge in [0, 0.05) is 11.6 Å². The molecule has 2 nitrogen and oxygen atoms in total. The molecular weight excluding hydrogens is 176 g/mol. The summed E-state index contributed by atoms with van der Waals surface area (Å²) in [7, 11) is 0. The van der Waals surface area contributed by atoms with Crippen molar-refractivity contribution in [3.05, 3.63) is 48.5 Å². The van der Waals surface area contributed by atoms with Crippen LogP contribution >= 0.6 is 0 Å². The lowest BCUT2D eigenvalue weighted by Crippen LogP contribution is -1.77. The summed E-state index contributed by atoms with van der Waals surface area (Å²) in [4.78, 5) is 0. The van der Waals surface area contributed by atoms with Crippen LogP contribution in [-0.4, -0.2) is 10.2 Å². The fourth-order valence-corrected chi connectivity index (χ4v) is 1.33. The van der Waals surface area contributed by atoms with E-state index in [1.807, 2.05) is 12.1 Å². The lowest BCUT2D eigenvalue weighted by molar-refractivity contribution is 0.452. The molecule has 0 atom stereocenters. The Labute approximate surface area is 82.1 Å². The van der Waals surface area contributed by atoms with Crippen LogP contribution in [0.25, 0.3) is 11.1 Å². The highest BCUT2D eigenvalue weighted by Crippen LogP contribution is 2.31. The predicted molar refractivity (Wildman–Crippen MR) is 54.0 cm³/mol. The number of hydrogen-bond acceptors (Lipinski definition) is 2. The lowest BCUT2D eigenvalue weighted by atomic mass is 10.0. The van der Waals surface area contributed by atoms with Gasteiger partial charge in [-0.05, 0) is 23.8 Å². The first-order chi connectivity index (χ1) is 6.77. The minimum absolute atomic E-state index is 0.0637. The van der Waals surface area contributed by atoms with Crippen molar-refractivity contribution in [3.8, 4) is 22.6 Å². The van der Waals surface area contributed by atoms with Crippen LogP contribution in [0.2, 0.25) is 0 Å². The summed E-state index contributed by atoms with van der Waals surface area (Å²) >= 11 is 0. The molecule has 0 bridgehead atoms. The van der Waals surface area contributed by atoms with Gasteiger partial charge >= 0.3 is 0 Å². The summed E-state index contributed by atoms with van der Waals surface area (Å²) in [5, 5.41) is 18.7. The minimum Gasteiger partial charge on any atom is -0.508 e. The molecule has 2 aromatic rings. The standard InChI is InChI=1S/C12H9O2/c13-10-6-7-11(12(14)8-10)9-4-2-1-3-5-9/h2-8,13-14H. The number of hydrogen-bond donors (Lipinski definition) is 2. The van der Waals surface area contributed by atoms with E-state index in [-0.39, 0.29) is 11.5 Å². The third kappa shape index (κ3) is 1.55. The maximum absolute atomic E-state index is 9.57. The van der Waals surface area contributed by atoms with Crippen molar-refractivity contribution in [3.63, 3.8) is 0 Å². The Bertz CT molecular complexity index is 435. The quantitative estimate of drug-likeness (QED) is 0.716. The Morgan fingerprint density at radius 1 is 0.929 bits per heavy atom. The molecule has 0 fully saturated rings. The van der Waals surface area contributed by atoms with E-state index in [2.05, 4.69) is 6.07 Å². The Morgan fingerprint density at radius 2 is 1.64 bits per heavy atom. The summed E-state index contributed by atoms with van der Waals surface area (Å²) in [6.45, 7) is 0. The van der Waals surface area contributed by atoms with Gasteiger partial charge in [-0.3, -0.25) is 0 Å². The molecule has 0 unspecified atom stereocenters. The fourth-order valence-electron chi connectivity index (χ4n) is 1.33. The van der Waals surface area contributed by atoms with E-state index in [1.54, 1.807) is 24.3 Å². The number of aromatic hydroxyl groups is 2. The normalized spacial score (nSPS) is 10.0. The molecule has 14 heavy (non-hydrogen) atoms. The second-order valence-electron chi connectivity index (χ2n) is 2.99. The van der Waals surface area contributed by atoms with Crippen LogP contribution in [0.4, 0.5) is 0 Å². The van der Waals surface area contributed by atoms with Crippen LogP contribution in [-0.2, 0) is 0 Å². The monoisotopic (exact) mass is 185 g/mol. The minimum atomic E-state index is 0.0637. The molecule has 1 radical (unpaired) electrons. The first-order valence-corrected chi connectivity index (χ1v) is 4.26. The van der Waals surface area contributed by atoms with Crippen molar-refractivity contribution < 1.29 is 10.2 Å². The summed E-state index contributed by atoms with van der Waals surface area (Å²) in [5.41, 5.74) is 1.61. The molecule has 69 valence electrons. The van der Waals surface area contributed by atoms with E-state index in [4.69, 9.17) is 5.11 Å². The zero-order valence-corrected chi connectivity index (χ0v) is 7.44. The van der Waals surface area contributed by atoms with Crippen molar-refractivity contribution in [2.75, 3.05) is 0 Å². The molecule has 0 aromatic heterocycles. The summed E-state index contributed by atoms with van der Waals surface area (Å²) in [5.74, 6) is 0.143. The SMILES string of the molecule is Oc1ccc(-c2cc[c]cc2)c(O)c1. The summed E-state index contributed by atoms with van der Waals surface area (Å²) in [6, 6.07) is 14.7. The van der Waals surface area contributed by atoms with Crippen LogP contribution in [0.1, 0.15) is 0 Å². The van der Waals surface area contributed by atoms with Gasteiger partial charge in [-0.2, -0.15) is 0 Å². The molecule has 2 heteroatoms. The number of rotatable bonds is 1. The molecule has 0 heterocycles. The highest BCUT2D eigenvalue weighted by molar-refractivity contribution is 5.70. The average molecular weight is 185 g/mol. The maximum Gasteiger partial charge on any atom is 0.127 e. The van der Waals surface area contributed by atoms with E-state index in [1.165, 1.54) is 6.07 Å². The molecular formula is C12H9O2. The second-order valence-corrected chi connectivity index (χ2v) is 2.99. The van der Waals surface area contributed by atoms with E-state index in [0.29, 0.717) is 5.56 Å². The zero-order valence-electron chi connectivity index (χ0n) is 7.44. The third-order valence-electron chi connectivity index (χ3n) is 2.01. The Kier molecular flexibility index (Phi) is 2.11. The van der Waals surface area contributed by atoms with E-state index in [0.717, 1.165) is 5.56 Å². The molecule has 0 saturated carbocycles. The van der Waals surface area contributed by atoms with Crippen molar-refractivity contribution >= 4 is 0 Å². The molecule has 0 aliphatic carbocycles. The van der Waals surface area contributed by atoms with Gasteiger partial charge < -0.3 is 10.2 Å². The molecule has 0 aliphatic heterocycles. The van der Waals surface area contributed by atoms with E-state index < -0.39 is 0 Å². The topological polar surface area (TPSA) is 40.5 Å². The van der Waals surface area contributed by atoms with Gasteiger partial charge in [0.2, 0.25) is 0 Å². The zero-order chi connectivity index (χ0) is 9.97. The molecule has 2 aromatic carbocycles. The van der Waals surface area contributed by atoms with Crippen LogP contribution in [0.15, 0.2) is 42.5 Å². The molecule has 0 amide bonds. The Balaban J connectivity index is 2.53. The molecule has 0 aliphatic rings. The van der Waals surface area contributed by atoms with Gasteiger partial charge in [0.25, 0.3) is 0 Å². The van der Waals surface area contributed by atoms with Crippen LogP contribution in [0.5, 0.6) is 11.5 Å². The van der Waals surface area contributed by atoms with Gasteiger partial charge in [0.15, 0.2) is 0 Å². The maximum atomic E-state index is 9.57. The Morgan fingerprint density at radius 3 is 2.29 bits per heavy atom. The number of phenolic OH excluding ortho intramolecular Hbond substituents is 2. The van der Waals surface area contributed by atoms with Crippen LogP contribution in [0.3, 0.4) is 0 Å². The molecule has 2 N–H and O–H groups in total. The highest BCUT2D eigenvalue weighted by atomic mass is 16.3. The lowest BCUT2D eigenvalue weighted by Gasteiger charge is -2.04. The van der Waals surface area contributed by atoms with Crippen molar-refractivity contribution in [1.82, 2.24) is 0 Å². The van der Waals surface area contributed by atoms with Crippen LogP contribution < -0.4 is 0 Å². The molecule has 0 spiro atoms. The Hall–Kier alpha value is -1.96. The van der Waals surface area contributed by atoms with Crippen molar-refractivity contribution in [1.29, 1.82) is 0 Å².